The third kappa shape index (κ3) is 11.7. The Morgan fingerprint density at radius 3 is 2.41 bits per heavy atom. The summed E-state index contributed by atoms with van der Waals surface area (Å²) in [5, 5.41) is 2.98. The average Bonchev–Trinajstić information content (AvgIpc) is 2.14. The normalized spacial score (nSPS) is 13.5. The minimum absolute atomic E-state index is 0.189. The fraction of sp³-hybridized carbons (Fsp3) is 0.929. The van der Waals surface area contributed by atoms with E-state index < -0.39 is 0 Å². The van der Waals surface area contributed by atoms with Gasteiger partial charge >= 0.3 is 0 Å². The van der Waals surface area contributed by atoms with Gasteiger partial charge in [0.1, 0.15) is 0 Å². The summed E-state index contributed by atoms with van der Waals surface area (Å²) < 4.78 is 0. The van der Waals surface area contributed by atoms with E-state index in [-0.39, 0.29) is 5.91 Å². The lowest BCUT2D eigenvalue weighted by Crippen LogP contribution is -2.27. The molecule has 102 valence electrons. The van der Waals surface area contributed by atoms with Gasteiger partial charge in [0, 0.05) is 13.0 Å². The SMILES string of the molecule is CC(CC(=O)NCCCCCN)CC(C)(C)C. The number of nitrogens with two attached hydrogens (primary N) is 1. The standard InChI is InChI=1S/C14H30N2O/c1-12(11-14(2,3)4)10-13(17)16-9-7-5-6-8-15/h12H,5-11,15H2,1-4H3,(H,16,17). The first-order valence-corrected chi connectivity index (χ1v) is 6.82. The first-order chi connectivity index (χ1) is 7.85. The Morgan fingerprint density at radius 2 is 1.88 bits per heavy atom. The number of hydrogen-bond acceptors (Lipinski definition) is 2. The van der Waals surface area contributed by atoms with Gasteiger partial charge in [-0.1, -0.05) is 34.1 Å². The third-order valence-corrected chi connectivity index (χ3v) is 2.70. The zero-order valence-electron chi connectivity index (χ0n) is 12.0. The van der Waals surface area contributed by atoms with E-state index in [1.54, 1.807) is 0 Å². The van der Waals surface area contributed by atoms with E-state index in [2.05, 4.69) is 33.0 Å². The smallest absolute Gasteiger partial charge is 0.220 e. The van der Waals surface area contributed by atoms with Crippen LogP contribution in [0.3, 0.4) is 0 Å². The van der Waals surface area contributed by atoms with Gasteiger partial charge in [0.2, 0.25) is 5.91 Å². The number of unbranched alkanes of at least 4 members (excludes halogenated alkanes) is 2. The summed E-state index contributed by atoms with van der Waals surface area (Å²) in [6.07, 6.45) is 4.93. The highest BCUT2D eigenvalue weighted by Crippen LogP contribution is 2.25. The first kappa shape index (κ1) is 16.4. The van der Waals surface area contributed by atoms with Crippen molar-refractivity contribution < 1.29 is 4.79 Å². The molecule has 0 aliphatic rings. The molecule has 3 N–H and O–H groups in total. The molecule has 0 fully saturated rings. The van der Waals surface area contributed by atoms with Gasteiger partial charge in [-0.25, -0.2) is 0 Å². The summed E-state index contributed by atoms with van der Waals surface area (Å²) in [6, 6.07) is 0. The van der Waals surface area contributed by atoms with Crippen LogP contribution in [0.4, 0.5) is 0 Å². The van der Waals surface area contributed by atoms with Crippen molar-refractivity contribution >= 4 is 5.91 Å². The molecule has 0 bridgehead atoms. The Labute approximate surface area is 107 Å². The lowest BCUT2D eigenvalue weighted by atomic mass is 9.84. The summed E-state index contributed by atoms with van der Waals surface area (Å²) in [4.78, 5) is 11.6. The quantitative estimate of drug-likeness (QED) is 0.643. The molecule has 0 aromatic rings. The Morgan fingerprint density at radius 1 is 1.24 bits per heavy atom. The highest BCUT2D eigenvalue weighted by molar-refractivity contribution is 5.76. The zero-order valence-corrected chi connectivity index (χ0v) is 12.0. The van der Waals surface area contributed by atoms with Crippen LogP contribution in [0, 0.1) is 11.3 Å². The molecule has 0 aliphatic carbocycles. The lowest BCUT2D eigenvalue weighted by molar-refractivity contribution is -0.122. The van der Waals surface area contributed by atoms with Crippen molar-refractivity contribution in [2.24, 2.45) is 17.1 Å². The molecule has 0 spiro atoms. The molecule has 0 saturated carbocycles. The van der Waals surface area contributed by atoms with Crippen LogP contribution >= 0.6 is 0 Å². The molecule has 0 rings (SSSR count). The number of hydrogen-bond donors (Lipinski definition) is 2. The second-order valence-corrected chi connectivity index (χ2v) is 6.27. The van der Waals surface area contributed by atoms with Crippen molar-refractivity contribution in [2.75, 3.05) is 13.1 Å². The van der Waals surface area contributed by atoms with Crippen LogP contribution in [0.25, 0.3) is 0 Å². The number of rotatable bonds is 8. The molecule has 1 unspecified atom stereocenters. The molecular formula is C14H30N2O. The Bertz CT molecular complexity index is 209. The van der Waals surface area contributed by atoms with Crippen molar-refractivity contribution in [1.82, 2.24) is 5.32 Å². The fourth-order valence-corrected chi connectivity index (χ4v) is 2.18. The van der Waals surface area contributed by atoms with Crippen LogP contribution in [0.2, 0.25) is 0 Å². The molecule has 0 saturated heterocycles. The predicted octanol–water partition coefficient (Wildman–Crippen LogP) is 2.69. The second-order valence-electron chi connectivity index (χ2n) is 6.27. The molecule has 1 amide bonds. The predicted molar refractivity (Wildman–Crippen MR) is 73.8 cm³/mol. The van der Waals surface area contributed by atoms with E-state index in [0.717, 1.165) is 38.8 Å². The maximum absolute atomic E-state index is 11.6. The molecular weight excluding hydrogens is 212 g/mol. The maximum atomic E-state index is 11.6. The second kappa shape index (κ2) is 8.51. The van der Waals surface area contributed by atoms with Crippen molar-refractivity contribution in [1.29, 1.82) is 0 Å². The van der Waals surface area contributed by atoms with Crippen molar-refractivity contribution in [3.05, 3.63) is 0 Å². The molecule has 0 aromatic heterocycles. The Balaban J connectivity index is 3.58. The van der Waals surface area contributed by atoms with Gasteiger partial charge in [-0.3, -0.25) is 4.79 Å². The summed E-state index contributed by atoms with van der Waals surface area (Å²) >= 11 is 0. The zero-order chi connectivity index (χ0) is 13.3. The fourth-order valence-electron chi connectivity index (χ4n) is 2.18. The maximum Gasteiger partial charge on any atom is 0.220 e. The molecule has 0 aliphatic heterocycles. The third-order valence-electron chi connectivity index (χ3n) is 2.70. The van der Waals surface area contributed by atoms with Gasteiger partial charge in [-0.05, 0) is 37.1 Å². The number of carbonyl (C=O) groups excluding carboxylic acids is 1. The van der Waals surface area contributed by atoms with Gasteiger partial charge < -0.3 is 11.1 Å². The summed E-state index contributed by atoms with van der Waals surface area (Å²) in [7, 11) is 0. The van der Waals surface area contributed by atoms with Crippen LogP contribution in [-0.4, -0.2) is 19.0 Å². The molecule has 3 heteroatoms. The number of carbonyl (C=O) groups is 1. The highest BCUT2D eigenvalue weighted by Gasteiger charge is 2.17. The van der Waals surface area contributed by atoms with E-state index in [4.69, 9.17) is 5.73 Å². The van der Waals surface area contributed by atoms with Crippen molar-refractivity contribution in [3.63, 3.8) is 0 Å². The summed E-state index contributed by atoms with van der Waals surface area (Å²) in [5.74, 6) is 0.647. The number of nitrogens with one attached hydrogen (secondary N) is 1. The van der Waals surface area contributed by atoms with Crippen molar-refractivity contribution in [2.45, 2.75) is 59.8 Å². The lowest BCUT2D eigenvalue weighted by Gasteiger charge is -2.22. The van der Waals surface area contributed by atoms with Crippen LogP contribution in [0.1, 0.15) is 59.8 Å². The average molecular weight is 242 g/mol. The highest BCUT2D eigenvalue weighted by atomic mass is 16.1. The topological polar surface area (TPSA) is 55.1 Å². The monoisotopic (exact) mass is 242 g/mol. The molecule has 0 heterocycles. The summed E-state index contributed by atoms with van der Waals surface area (Å²) in [5.41, 5.74) is 5.71. The first-order valence-electron chi connectivity index (χ1n) is 6.82. The van der Waals surface area contributed by atoms with Crippen LogP contribution in [-0.2, 0) is 4.79 Å². The molecule has 0 aromatic carbocycles. The van der Waals surface area contributed by atoms with Crippen LogP contribution in [0.5, 0.6) is 0 Å². The van der Waals surface area contributed by atoms with E-state index >= 15 is 0 Å². The van der Waals surface area contributed by atoms with Gasteiger partial charge in [-0.2, -0.15) is 0 Å². The molecule has 3 nitrogen and oxygen atoms in total. The largest absolute Gasteiger partial charge is 0.356 e. The van der Waals surface area contributed by atoms with E-state index in [0.29, 0.717) is 17.8 Å². The summed E-state index contributed by atoms with van der Waals surface area (Å²) in [6.45, 7) is 10.3. The van der Waals surface area contributed by atoms with Gasteiger partial charge in [0.25, 0.3) is 0 Å². The van der Waals surface area contributed by atoms with Gasteiger partial charge in [-0.15, -0.1) is 0 Å². The van der Waals surface area contributed by atoms with E-state index in [1.165, 1.54) is 0 Å². The van der Waals surface area contributed by atoms with Crippen LogP contribution < -0.4 is 11.1 Å². The van der Waals surface area contributed by atoms with Crippen LogP contribution in [0.15, 0.2) is 0 Å². The van der Waals surface area contributed by atoms with Gasteiger partial charge in [0.15, 0.2) is 0 Å². The minimum atomic E-state index is 0.189. The molecule has 0 radical (unpaired) electrons. The molecule has 17 heavy (non-hydrogen) atoms. The Hall–Kier alpha value is -0.570. The Kier molecular flexibility index (Phi) is 8.23. The van der Waals surface area contributed by atoms with Gasteiger partial charge in [0.05, 0.1) is 0 Å². The van der Waals surface area contributed by atoms with Crippen molar-refractivity contribution in [3.8, 4) is 0 Å². The minimum Gasteiger partial charge on any atom is -0.356 e. The van der Waals surface area contributed by atoms with E-state index in [9.17, 15) is 4.79 Å². The molecule has 1 atom stereocenters. The number of amides is 1. The van der Waals surface area contributed by atoms with E-state index in [1.807, 2.05) is 0 Å².